The molecule has 0 unspecified atom stereocenters. The number of aliphatic hydroxyl groups excluding tert-OH is 1. The summed E-state index contributed by atoms with van der Waals surface area (Å²) in [5, 5.41) is 12.0. The lowest BCUT2D eigenvalue weighted by Crippen LogP contribution is -2.37. The van der Waals surface area contributed by atoms with Gasteiger partial charge in [0.1, 0.15) is 12.4 Å². The van der Waals surface area contributed by atoms with E-state index >= 15 is 0 Å². The molecule has 0 aliphatic carbocycles. The van der Waals surface area contributed by atoms with Crippen molar-refractivity contribution in [3.8, 4) is 16.9 Å². The van der Waals surface area contributed by atoms with Crippen molar-refractivity contribution in [1.82, 2.24) is 0 Å². The van der Waals surface area contributed by atoms with Crippen molar-refractivity contribution in [2.24, 2.45) is 0 Å². The molecular weight excluding hydrogens is 372 g/mol. The zero-order valence-electron chi connectivity index (χ0n) is 17.9. The number of ether oxygens (including phenoxy) is 1. The Labute approximate surface area is 178 Å². The molecule has 154 valence electrons. The van der Waals surface area contributed by atoms with Gasteiger partial charge in [0.2, 0.25) is 11.0 Å². The molecule has 0 saturated carbocycles. The van der Waals surface area contributed by atoms with Crippen LogP contribution in [0.2, 0.25) is 0 Å². The van der Waals surface area contributed by atoms with Crippen LogP contribution in [0.1, 0.15) is 13.8 Å². The molecule has 0 aliphatic heterocycles. The highest BCUT2D eigenvalue weighted by Gasteiger charge is 2.22. The molecular formula is C26H29N2O2+. The van der Waals surface area contributed by atoms with Crippen molar-refractivity contribution >= 4 is 27.5 Å². The monoisotopic (exact) mass is 401 g/mol. The van der Waals surface area contributed by atoms with Gasteiger partial charge in [-0.3, -0.25) is 0 Å². The van der Waals surface area contributed by atoms with Crippen LogP contribution in [0.15, 0.2) is 66.7 Å². The highest BCUT2D eigenvalue weighted by molar-refractivity contribution is 6.08. The Kier molecular flexibility index (Phi) is 5.86. The first-order chi connectivity index (χ1) is 14.7. The van der Waals surface area contributed by atoms with Gasteiger partial charge in [-0.25, -0.2) is 0 Å². The van der Waals surface area contributed by atoms with Crippen molar-refractivity contribution in [3.05, 3.63) is 66.7 Å². The first-order valence-corrected chi connectivity index (χ1v) is 10.6. The summed E-state index contributed by atoms with van der Waals surface area (Å²) in [4.78, 5) is 2.32. The van der Waals surface area contributed by atoms with Crippen molar-refractivity contribution < 1.29 is 14.4 Å². The van der Waals surface area contributed by atoms with Gasteiger partial charge in [-0.1, -0.05) is 24.3 Å². The van der Waals surface area contributed by atoms with E-state index in [4.69, 9.17) is 4.74 Å². The van der Waals surface area contributed by atoms with Crippen LogP contribution < -0.4 is 14.2 Å². The van der Waals surface area contributed by atoms with Crippen LogP contribution >= 0.6 is 0 Å². The summed E-state index contributed by atoms with van der Waals surface area (Å²) in [7, 11) is 1.74. The SMILES string of the molecule is CCN(CC)c1ccc(-c2c3ccccc3[n+](CCO)c3ccccc23)c(OC)c1. The predicted octanol–water partition coefficient (Wildman–Crippen LogP) is 4.79. The second kappa shape index (κ2) is 8.72. The Balaban J connectivity index is 2.07. The summed E-state index contributed by atoms with van der Waals surface area (Å²) in [6.45, 7) is 6.90. The van der Waals surface area contributed by atoms with Gasteiger partial charge < -0.3 is 14.7 Å². The maximum absolute atomic E-state index is 9.69. The standard InChI is InChI=1S/C26H29N2O2/c1-4-27(5-2)19-14-15-22(25(18-19)30-3)26-20-10-6-8-12-23(20)28(16-17-29)24-13-9-7-11-21(24)26/h6-15,18,29H,4-5,16-17H2,1-3H3/q+1. The minimum Gasteiger partial charge on any atom is -0.496 e. The number of pyridine rings is 1. The molecule has 4 heteroatoms. The molecule has 0 amide bonds. The van der Waals surface area contributed by atoms with E-state index in [-0.39, 0.29) is 6.61 Å². The second-order valence-corrected chi connectivity index (χ2v) is 7.34. The molecule has 0 radical (unpaired) electrons. The van der Waals surface area contributed by atoms with Crippen LogP contribution in [0.5, 0.6) is 5.75 Å². The molecule has 0 bridgehead atoms. The summed E-state index contributed by atoms with van der Waals surface area (Å²) in [5.41, 5.74) is 5.63. The lowest BCUT2D eigenvalue weighted by molar-refractivity contribution is -0.646. The molecule has 1 heterocycles. The molecule has 30 heavy (non-hydrogen) atoms. The minimum atomic E-state index is 0.0971. The molecule has 4 nitrogen and oxygen atoms in total. The smallest absolute Gasteiger partial charge is 0.213 e. The highest BCUT2D eigenvalue weighted by atomic mass is 16.5. The van der Waals surface area contributed by atoms with E-state index in [1.165, 1.54) is 11.3 Å². The lowest BCUT2D eigenvalue weighted by atomic mass is 9.94. The van der Waals surface area contributed by atoms with E-state index in [0.29, 0.717) is 6.54 Å². The number of aromatic nitrogens is 1. The topological polar surface area (TPSA) is 36.6 Å². The number of anilines is 1. The number of fused-ring (bicyclic) bond motifs is 2. The average Bonchev–Trinajstić information content (AvgIpc) is 2.80. The fourth-order valence-electron chi connectivity index (χ4n) is 4.42. The predicted molar refractivity (Wildman–Crippen MR) is 124 cm³/mol. The van der Waals surface area contributed by atoms with E-state index in [2.05, 4.69) is 90.0 Å². The number of para-hydroxylation sites is 2. The molecule has 3 aromatic carbocycles. The molecule has 0 spiro atoms. The van der Waals surface area contributed by atoms with Gasteiger partial charge in [0.15, 0.2) is 6.54 Å². The third kappa shape index (κ3) is 3.37. The van der Waals surface area contributed by atoms with Gasteiger partial charge in [0, 0.05) is 48.1 Å². The molecule has 4 rings (SSSR count). The number of aliphatic hydroxyl groups is 1. The van der Waals surface area contributed by atoms with Crippen LogP contribution in [-0.2, 0) is 6.54 Å². The van der Waals surface area contributed by atoms with Crippen LogP contribution in [0.25, 0.3) is 32.9 Å². The van der Waals surface area contributed by atoms with E-state index in [1.54, 1.807) is 7.11 Å². The summed E-state index contributed by atoms with van der Waals surface area (Å²) in [5.74, 6) is 0.870. The lowest BCUT2D eigenvalue weighted by Gasteiger charge is -2.23. The van der Waals surface area contributed by atoms with Crippen molar-refractivity contribution in [2.45, 2.75) is 20.4 Å². The number of methoxy groups -OCH3 is 1. The van der Waals surface area contributed by atoms with Gasteiger partial charge in [0.25, 0.3) is 0 Å². The Morgan fingerprint density at radius 1 is 0.867 bits per heavy atom. The van der Waals surface area contributed by atoms with Gasteiger partial charge in [-0.2, -0.15) is 4.57 Å². The zero-order valence-corrected chi connectivity index (χ0v) is 17.9. The molecule has 0 aliphatic rings. The summed E-state index contributed by atoms with van der Waals surface area (Å²) in [6.07, 6.45) is 0. The zero-order chi connectivity index (χ0) is 21.1. The Morgan fingerprint density at radius 3 is 2.00 bits per heavy atom. The van der Waals surface area contributed by atoms with Crippen LogP contribution in [0.3, 0.4) is 0 Å². The number of nitrogens with zero attached hydrogens (tertiary/aromatic N) is 2. The molecule has 4 aromatic rings. The highest BCUT2D eigenvalue weighted by Crippen LogP contribution is 2.40. The maximum atomic E-state index is 9.69. The molecule has 0 fully saturated rings. The fraction of sp³-hybridized carbons (Fsp3) is 0.269. The van der Waals surface area contributed by atoms with Crippen molar-refractivity contribution in [2.75, 3.05) is 31.7 Å². The van der Waals surface area contributed by atoms with E-state index in [9.17, 15) is 5.11 Å². The number of hydrogen-bond acceptors (Lipinski definition) is 3. The largest absolute Gasteiger partial charge is 0.496 e. The average molecular weight is 402 g/mol. The summed E-state index contributed by atoms with van der Waals surface area (Å²) >= 11 is 0. The number of rotatable bonds is 7. The van der Waals surface area contributed by atoms with Crippen molar-refractivity contribution in [1.29, 1.82) is 0 Å². The maximum Gasteiger partial charge on any atom is 0.213 e. The van der Waals surface area contributed by atoms with Crippen LogP contribution in [0, 0.1) is 0 Å². The molecule has 1 N–H and O–H groups in total. The quantitative estimate of drug-likeness (QED) is 0.357. The Morgan fingerprint density at radius 2 is 1.47 bits per heavy atom. The second-order valence-electron chi connectivity index (χ2n) is 7.34. The Bertz CT molecular complexity index is 1130. The van der Waals surface area contributed by atoms with Gasteiger partial charge in [-0.05, 0) is 38.1 Å². The fourth-order valence-corrected chi connectivity index (χ4v) is 4.42. The first-order valence-electron chi connectivity index (χ1n) is 10.6. The third-order valence-corrected chi connectivity index (χ3v) is 5.84. The van der Waals surface area contributed by atoms with Crippen LogP contribution in [0.4, 0.5) is 5.69 Å². The molecule has 0 saturated heterocycles. The first kappa shape index (κ1) is 20.2. The number of hydrogen-bond donors (Lipinski definition) is 1. The summed E-state index contributed by atoms with van der Waals surface area (Å²) < 4.78 is 8.08. The van der Waals surface area contributed by atoms with Gasteiger partial charge in [-0.15, -0.1) is 0 Å². The van der Waals surface area contributed by atoms with Crippen molar-refractivity contribution in [3.63, 3.8) is 0 Å². The minimum absolute atomic E-state index is 0.0971. The Hall–Kier alpha value is -3.11. The van der Waals surface area contributed by atoms with Gasteiger partial charge >= 0.3 is 0 Å². The van der Waals surface area contributed by atoms with E-state index in [1.807, 2.05) is 0 Å². The normalized spacial score (nSPS) is 11.2. The number of benzene rings is 3. The van der Waals surface area contributed by atoms with Gasteiger partial charge in [0.05, 0.1) is 17.9 Å². The molecule has 1 aromatic heterocycles. The molecule has 0 atom stereocenters. The van der Waals surface area contributed by atoms with E-state index in [0.717, 1.165) is 46.2 Å². The summed E-state index contributed by atoms with van der Waals surface area (Å²) in [6, 6.07) is 23.3. The third-order valence-electron chi connectivity index (χ3n) is 5.84. The van der Waals surface area contributed by atoms with Crippen LogP contribution in [-0.4, -0.2) is 31.9 Å². The van der Waals surface area contributed by atoms with E-state index < -0.39 is 0 Å².